The molecule has 3 heteroatoms. The molecule has 0 fully saturated rings. The van der Waals surface area contributed by atoms with Crippen LogP contribution in [0.25, 0.3) is 0 Å². The molecule has 0 aromatic carbocycles. The van der Waals surface area contributed by atoms with Gasteiger partial charge in [-0.15, -0.1) is 0 Å². The Kier molecular flexibility index (Phi) is 2.65. The number of carbonyl (C=O) groups is 1. The van der Waals surface area contributed by atoms with E-state index in [9.17, 15) is 9.18 Å². The highest BCUT2D eigenvalue weighted by atomic mass is 19.1. The van der Waals surface area contributed by atoms with Gasteiger partial charge in [-0.05, 0) is 18.6 Å². The van der Waals surface area contributed by atoms with E-state index in [1.807, 2.05) is 5.92 Å². The highest BCUT2D eigenvalue weighted by Crippen LogP contribution is 2.17. The van der Waals surface area contributed by atoms with Crippen LogP contribution in [0.4, 0.5) is 4.39 Å². The van der Waals surface area contributed by atoms with E-state index in [1.165, 1.54) is 12.2 Å². The number of carboxylic acid groups (broad SMARTS) is 1. The van der Waals surface area contributed by atoms with Gasteiger partial charge in [-0.1, -0.05) is 5.92 Å². The van der Waals surface area contributed by atoms with Crippen molar-refractivity contribution in [3.63, 3.8) is 0 Å². The van der Waals surface area contributed by atoms with Crippen LogP contribution in [0.15, 0.2) is 23.6 Å². The highest BCUT2D eigenvalue weighted by Gasteiger charge is 2.02. The zero-order valence-electron chi connectivity index (χ0n) is 6.30. The van der Waals surface area contributed by atoms with Crippen LogP contribution in [0.2, 0.25) is 0 Å². The van der Waals surface area contributed by atoms with Crippen molar-refractivity contribution in [3.05, 3.63) is 23.6 Å². The maximum atomic E-state index is 12.4. The molecule has 0 saturated carbocycles. The van der Waals surface area contributed by atoms with Gasteiger partial charge in [-0.2, -0.15) is 0 Å². The summed E-state index contributed by atoms with van der Waals surface area (Å²) in [7, 11) is 0. The van der Waals surface area contributed by atoms with Crippen molar-refractivity contribution in [2.45, 2.75) is 12.8 Å². The third-order valence-electron chi connectivity index (χ3n) is 1.43. The average Bonchev–Trinajstić information content (AvgIpc) is 2.03. The quantitative estimate of drug-likeness (QED) is 0.555. The molecule has 2 nitrogen and oxygen atoms in total. The standard InChI is InChI=1S/C9H7FO2/c10-8-4-1-7(2-5-8)3-6-9(11)12/h1,4H,2,5H2,(H,11,12). The van der Waals surface area contributed by atoms with Gasteiger partial charge in [0.1, 0.15) is 5.83 Å². The fourth-order valence-electron chi connectivity index (χ4n) is 0.850. The Morgan fingerprint density at radius 3 is 2.75 bits per heavy atom. The summed E-state index contributed by atoms with van der Waals surface area (Å²) in [6.45, 7) is 0. The maximum Gasteiger partial charge on any atom is 0.382 e. The van der Waals surface area contributed by atoms with Gasteiger partial charge in [-0.25, -0.2) is 9.18 Å². The van der Waals surface area contributed by atoms with Crippen LogP contribution >= 0.6 is 0 Å². The molecular formula is C9H7FO2. The second-order valence-corrected chi connectivity index (χ2v) is 2.36. The molecule has 0 unspecified atom stereocenters. The zero-order chi connectivity index (χ0) is 8.97. The van der Waals surface area contributed by atoms with Crippen molar-refractivity contribution >= 4 is 5.97 Å². The lowest BCUT2D eigenvalue weighted by Crippen LogP contribution is -1.91. The van der Waals surface area contributed by atoms with E-state index >= 15 is 0 Å². The first-order chi connectivity index (χ1) is 5.68. The Hall–Kier alpha value is -1.56. The minimum absolute atomic E-state index is 0.184. The number of hydrogen-bond donors (Lipinski definition) is 1. The van der Waals surface area contributed by atoms with Crippen LogP contribution in [0, 0.1) is 11.8 Å². The topological polar surface area (TPSA) is 37.3 Å². The van der Waals surface area contributed by atoms with E-state index < -0.39 is 5.97 Å². The van der Waals surface area contributed by atoms with Gasteiger partial charge < -0.3 is 5.11 Å². The SMILES string of the molecule is O=C(O)C#CC1=CC=C(F)CC1. The molecule has 0 aliphatic heterocycles. The van der Waals surface area contributed by atoms with Crippen LogP contribution < -0.4 is 0 Å². The predicted octanol–water partition coefficient (Wildman–Crippen LogP) is 1.65. The number of hydrogen-bond acceptors (Lipinski definition) is 1. The van der Waals surface area contributed by atoms with Gasteiger partial charge in [0.2, 0.25) is 0 Å². The third kappa shape index (κ3) is 2.59. The molecule has 0 heterocycles. The summed E-state index contributed by atoms with van der Waals surface area (Å²) in [4.78, 5) is 10.0. The van der Waals surface area contributed by atoms with Crippen molar-refractivity contribution in [1.29, 1.82) is 0 Å². The van der Waals surface area contributed by atoms with Crippen molar-refractivity contribution < 1.29 is 14.3 Å². The van der Waals surface area contributed by atoms with E-state index in [-0.39, 0.29) is 5.83 Å². The van der Waals surface area contributed by atoms with Crippen molar-refractivity contribution in [3.8, 4) is 11.8 Å². The Morgan fingerprint density at radius 1 is 1.50 bits per heavy atom. The number of halogens is 1. The molecule has 0 radical (unpaired) electrons. The largest absolute Gasteiger partial charge is 0.472 e. The summed E-state index contributed by atoms with van der Waals surface area (Å²) in [5, 5.41) is 8.21. The van der Waals surface area contributed by atoms with Gasteiger partial charge in [-0.3, -0.25) is 0 Å². The molecular weight excluding hydrogens is 159 g/mol. The molecule has 0 aromatic rings. The lowest BCUT2D eigenvalue weighted by molar-refractivity contribution is -0.130. The maximum absolute atomic E-state index is 12.4. The predicted molar refractivity (Wildman–Crippen MR) is 41.9 cm³/mol. The van der Waals surface area contributed by atoms with Gasteiger partial charge >= 0.3 is 5.97 Å². The van der Waals surface area contributed by atoms with E-state index in [0.717, 1.165) is 0 Å². The molecule has 1 N–H and O–H groups in total. The summed E-state index contributed by atoms with van der Waals surface area (Å²) in [5.41, 5.74) is 0.666. The van der Waals surface area contributed by atoms with Gasteiger partial charge in [0.25, 0.3) is 0 Å². The normalized spacial score (nSPS) is 15.4. The molecule has 12 heavy (non-hydrogen) atoms. The summed E-state index contributed by atoms with van der Waals surface area (Å²) in [5.74, 6) is 3.07. The van der Waals surface area contributed by atoms with Crippen LogP contribution in [0.1, 0.15) is 12.8 Å². The van der Waals surface area contributed by atoms with Gasteiger partial charge in [0, 0.05) is 17.9 Å². The Labute approximate surface area is 69.4 Å². The second kappa shape index (κ2) is 3.72. The summed E-state index contributed by atoms with van der Waals surface area (Å²) >= 11 is 0. The first-order valence-corrected chi connectivity index (χ1v) is 3.48. The Morgan fingerprint density at radius 2 is 2.25 bits per heavy atom. The van der Waals surface area contributed by atoms with E-state index in [4.69, 9.17) is 5.11 Å². The molecule has 0 atom stereocenters. The highest BCUT2D eigenvalue weighted by molar-refractivity contribution is 5.87. The first-order valence-electron chi connectivity index (χ1n) is 3.48. The van der Waals surface area contributed by atoms with Crippen LogP contribution in [-0.2, 0) is 4.79 Å². The van der Waals surface area contributed by atoms with Gasteiger partial charge in [0.15, 0.2) is 0 Å². The molecule has 1 rings (SSSR count). The van der Waals surface area contributed by atoms with Crippen LogP contribution in [0.5, 0.6) is 0 Å². The molecule has 0 aromatic heterocycles. The molecule has 0 saturated heterocycles. The molecule has 62 valence electrons. The number of rotatable bonds is 0. The van der Waals surface area contributed by atoms with E-state index in [2.05, 4.69) is 5.92 Å². The summed E-state index contributed by atoms with van der Waals surface area (Å²) < 4.78 is 12.4. The smallest absolute Gasteiger partial charge is 0.382 e. The van der Waals surface area contributed by atoms with Crippen LogP contribution in [-0.4, -0.2) is 11.1 Å². The fourth-order valence-corrected chi connectivity index (χ4v) is 0.850. The Balaban J connectivity index is 2.69. The van der Waals surface area contributed by atoms with Crippen molar-refractivity contribution in [2.75, 3.05) is 0 Å². The second-order valence-electron chi connectivity index (χ2n) is 2.36. The monoisotopic (exact) mass is 166 g/mol. The van der Waals surface area contributed by atoms with E-state index in [1.54, 1.807) is 0 Å². The molecule has 0 bridgehead atoms. The number of carboxylic acids is 1. The Bertz CT molecular complexity index is 315. The number of aliphatic carboxylic acids is 1. The first kappa shape index (κ1) is 8.54. The lowest BCUT2D eigenvalue weighted by atomic mass is 10.1. The van der Waals surface area contributed by atoms with Crippen molar-refractivity contribution in [2.24, 2.45) is 0 Å². The summed E-state index contributed by atoms with van der Waals surface area (Å²) in [6.07, 6.45) is 3.63. The van der Waals surface area contributed by atoms with Gasteiger partial charge in [0.05, 0.1) is 0 Å². The minimum Gasteiger partial charge on any atom is -0.472 e. The van der Waals surface area contributed by atoms with E-state index in [0.29, 0.717) is 18.4 Å². The molecule has 0 spiro atoms. The summed E-state index contributed by atoms with van der Waals surface area (Å²) in [6, 6.07) is 0. The van der Waals surface area contributed by atoms with Crippen LogP contribution in [0.3, 0.4) is 0 Å². The average molecular weight is 166 g/mol. The van der Waals surface area contributed by atoms with Crippen molar-refractivity contribution in [1.82, 2.24) is 0 Å². The molecule has 1 aliphatic carbocycles. The fraction of sp³-hybridized carbons (Fsp3) is 0.222. The minimum atomic E-state index is -1.16. The third-order valence-corrected chi connectivity index (χ3v) is 1.43. The molecule has 0 amide bonds. The number of allylic oxidation sites excluding steroid dienone is 4. The molecule has 1 aliphatic rings. The zero-order valence-corrected chi connectivity index (χ0v) is 6.30. The lowest BCUT2D eigenvalue weighted by Gasteiger charge is -2.02.